The molecule has 1 heterocycles. The zero-order chi connectivity index (χ0) is 12.7. The molecule has 2 rings (SSSR count). The first-order chi connectivity index (χ1) is 7.84. The van der Waals surface area contributed by atoms with E-state index in [1.54, 1.807) is 11.8 Å². The lowest BCUT2D eigenvalue weighted by Crippen LogP contribution is -2.43. The van der Waals surface area contributed by atoms with Crippen molar-refractivity contribution in [2.24, 2.45) is 0 Å². The summed E-state index contributed by atoms with van der Waals surface area (Å²) in [6, 6.07) is 2.66. The van der Waals surface area contributed by atoms with Gasteiger partial charge in [-0.2, -0.15) is 0 Å². The maximum Gasteiger partial charge on any atom is 0.422 e. The Morgan fingerprint density at radius 3 is 2.71 bits per heavy atom. The summed E-state index contributed by atoms with van der Waals surface area (Å²) in [6.07, 6.45) is 0. The number of rotatable bonds is 2. The van der Waals surface area contributed by atoms with E-state index in [1.807, 2.05) is 18.7 Å². The van der Waals surface area contributed by atoms with Crippen molar-refractivity contribution >= 4 is 53.0 Å². The third-order valence-electron chi connectivity index (χ3n) is 2.59. The van der Waals surface area contributed by atoms with E-state index in [9.17, 15) is 0 Å². The molecule has 0 aromatic heterocycles. The summed E-state index contributed by atoms with van der Waals surface area (Å²) in [4.78, 5) is 0. The minimum Gasteiger partial charge on any atom is -0.517 e. The summed E-state index contributed by atoms with van der Waals surface area (Å²) in [5.41, 5.74) is 2.68. The summed E-state index contributed by atoms with van der Waals surface area (Å²) in [6.45, 7) is 6.17. The first-order valence-electron chi connectivity index (χ1n) is 5.01. The highest BCUT2D eigenvalue weighted by molar-refractivity contribution is 7.69. The highest BCUT2D eigenvalue weighted by Crippen LogP contribution is 2.30. The lowest BCUT2D eigenvalue weighted by Gasteiger charge is -2.31. The predicted octanol–water partition coefficient (Wildman–Crippen LogP) is 3.26. The van der Waals surface area contributed by atoms with Gasteiger partial charge in [0.2, 0.25) is 0 Å². The maximum atomic E-state index is 5.96. The topological polar surface area (TPSA) is 18.5 Å². The van der Waals surface area contributed by atoms with Crippen LogP contribution >= 0.6 is 33.2 Å². The molecule has 1 unspecified atom stereocenters. The molecule has 17 heavy (non-hydrogen) atoms. The number of fused-ring (bicyclic) bond motifs is 1. The SMILES string of the molecule is C=C[Si]1(C)OCc2cc([Si](Cl)(Cl)Cl)ccc2O1. The minimum absolute atomic E-state index is 0.479. The first-order valence-corrected chi connectivity index (χ1v) is 12.4. The zero-order valence-corrected chi connectivity index (χ0v) is 13.4. The second kappa shape index (κ2) is 4.61. The van der Waals surface area contributed by atoms with Gasteiger partial charge in [0.25, 0.3) is 0 Å². The van der Waals surface area contributed by atoms with Crippen molar-refractivity contribution in [2.75, 3.05) is 0 Å². The zero-order valence-electron chi connectivity index (χ0n) is 9.17. The quantitative estimate of drug-likeness (QED) is 0.614. The van der Waals surface area contributed by atoms with E-state index in [0.29, 0.717) is 6.61 Å². The van der Waals surface area contributed by atoms with Crippen molar-refractivity contribution in [1.29, 1.82) is 0 Å². The fourth-order valence-electron chi connectivity index (χ4n) is 1.54. The van der Waals surface area contributed by atoms with Crippen LogP contribution in [-0.4, -0.2) is 14.6 Å². The van der Waals surface area contributed by atoms with Crippen molar-refractivity contribution < 1.29 is 8.85 Å². The molecule has 0 spiro atoms. The fourth-order valence-corrected chi connectivity index (χ4v) is 4.54. The van der Waals surface area contributed by atoms with Crippen LogP contribution in [-0.2, 0) is 11.0 Å². The first kappa shape index (κ1) is 13.5. The lowest BCUT2D eigenvalue weighted by atomic mass is 10.2. The third kappa shape index (κ3) is 2.89. The number of hydrogen-bond donors (Lipinski definition) is 0. The van der Waals surface area contributed by atoms with Gasteiger partial charge in [-0.1, -0.05) is 12.1 Å². The van der Waals surface area contributed by atoms with Crippen molar-refractivity contribution in [3.8, 4) is 5.75 Å². The Morgan fingerprint density at radius 1 is 1.41 bits per heavy atom. The van der Waals surface area contributed by atoms with E-state index < -0.39 is 14.6 Å². The smallest absolute Gasteiger partial charge is 0.422 e. The van der Waals surface area contributed by atoms with Gasteiger partial charge in [0.15, 0.2) is 0 Å². The Labute approximate surface area is 116 Å². The van der Waals surface area contributed by atoms with Crippen LogP contribution in [0, 0.1) is 0 Å². The van der Waals surface area contributed by atoms with Crippen LogP contribution in [0.4, 0.5) is 0 Å². The molecule has 0 bridgehead atoms. The van der Waals surface area contributed by atoms with E-state index in [1.165, 1.54) is 0 Å². The molecular weight excluding hydrogens is 315 g/mol. The van der Waals surface area contributed by atoms with E-state index in [2.05, 4.69) is 6.58 Å². The molecule has 1 aromatic carbocycles. The average Bonchev–Trinajstić information content (AvgIpc) is 2.27. The van der Waals surface area contributed by atoms with E-state index in [-0.39, 0.29) is 0 Å². The van der Waals surface area contributed by atoms with Crippen LogP contribution in [0.2, 0.25) is 6.55 Å². The van der Waals surface area contributed by atoms with Crippen molar-refractivity contribution in [1.82, 2.24) is 0 Å². The van der Waals surface area contributed by atoms with E-state index in [0.717, 1.165) is 16.5 Å². The van der Waals surface area contributed by atoms with E-state index in [4.69, 9.17) is 42.1 Å². The van der Waals surface area contributed by atoms with Gasteiger partial charge in [-0.15, -0.1) is 39.8 Å². The van der Waals surface area contributed by atoms with Gasteiger partial charge in [0.05, 0.1) is 6.61 Å². The summed E-state index contributed by atoms with van der Waals surface area (Å²) in [5, 5.41) is 0.748. The molecule has 0 aliphatic carbocycles. The second-order valence-electron chi connectivity index (χ2n) is 3.93. The van der Waals surface area contributed by atoms with Crippen LogP contribution < -0.4 is 9.61 Å². The molecule has 92 valence electrons. The summed E-state index contributed by atoms with van der Waals surface area (Å²) in [5.74, 6) is 0.803. The molecule has 0 fully saturated rings. The monoisotopic (exact) mass is 324 g/mol. The Kier molecular flexibility index (Phi) is 3.65. The van der Waals surface area contributed by atoms with Crippen LogP contribution in [0.25, 0.3) is 0 Å². The largest absolute Gasteiger partial charge is 0.517 e. The molecule has 0 saturated carbocycles. The van der Waals surface area contributed by atoms with Crippen LogP contribution in [0.3, 0.4) is 0 Å². The van der Waals surface area contributed by atoms with Crippen molar-refractivity contribution in [3.05, 3.63) is 36.0 Å². The van der Waals surface area contributed by atoms with Gasteiger partial charge in [0, 0.05) is 5.56 Å². The Bertz CT molecular complexity index is 461. The molecule has 0 radical (unpaired) electrons. The standard InChI is InChI=1S/C10H11Cl3O2Si2/c1-3-16(2)14-7-8-6-9(17(11,12)13)4-5-10(8)15-16/h3-6H,1,7H2,2H3. The molecule has 1 aromatic rings. The molecule has 7 heteroatoms. The second-order valence-corrected chi connectivity index (χ2v) is 15.3. The molecular formula is C10H11Cl3O2Si2. The number of hydrogen-bond acceptors (Lipinski definition) is 2. The number of halogens is 3. The lowest BCUT2D eigenvalue weighted by molar-refractivity contribution is 0.216. The minimum atomic E-state index is -2.84. The van der Waals surface area contributed by atoms with Gasteiger partial charge in [-0.3, -0.25) is 0 Å². The highest BCUT2D eigenvalue weighted by Gasteiger charge is 2.36. The molecule has 0 amide bonds. The van der Waals surface area contributed by atoms with Crippen molar-refractivity contribution in [3.63, 3.8) is 0 Å². The van der Waals surface area contributed by atoms with Gasteiger partial charge >= 0.3 is 14.6 Å². The van der Waals surface area contributed by atoms with Gasteiger partial charge in [-0.05, 0) is 23.5 Å². The van der Waals surface area contributed by atoms with Crippen LogP contribution in [0.1, 0.15) is 5.56 Å². The molecule has 1 aliphatic rings. The Hall–Kier alpha value is 0.0238. The average molecular weight is 326 g/mol. The van der Waals surface area contributed by atoms with Crippen LogP contribution in [0.15, 0.2) is 30.5 Å². The third-order valence-corrected chi connectivity index (χ3v) is 7.60. The van der Waals surface area contributed by atoms with Gasteiger partial charge in [0.1, 0.15) is 5.75 Å². The Balaban J connectivity index is 2.35. The predicted molar refractivity (Wildman–Crippen MR) is 76.6 cm³/mol. The highest BCUT2D eigenvalue weighted by atomic mass is 35.8. The molecule has 1 aliphatic heterocycles. The van der Waals surface area contributed by atoms with Crippen molar-refractivity contribution in [2.45, 2.75) is 13.2 Å². The van der Waals surface area contributed by atoms with Crippen LogP contribution in [0.5, 0.6) is 5.75 Å². The maximum absolute atomic E-state index is 5.96. The molecule has 1 atom stereocenters. The Morgan fingerprint density at radius 2 is 2.12 bits per heavy atom. The normalized spacial score (nSPS) is 23.8. The number of benzene rings is 1. The summed E-state index contributed by atoms with van der Waals surface area (Å²) >= 11 is 17.9. The molecule has 0 N–H and O–H groups in total. The summed E-state index contributed by atoms with van der Waals surface area (Å²) in [7, 11) is -2.25. The van der Waals surface area contributed by atoms with Gasteiger partial charge < -0.3 is 8.85 Å². The summed E-state index contributed by atoms with van der Waals surface area (Å²) < 4.78 is 11.5. The fraction of sp³-hybridized carbons (Fsp3) is 0.200. The molecule has 2 nitrogen and oxygen atoms in total. The van der Waals surface area contributed by atoms with Gasteiger partial charge in [-0.25, -0.2) is 0 Å². The molecule has 0 saturated heterocycles. The van der Waals surface area contributed by atoms with E-state index >= 15 is 0 Å².